The molecule has 90 valence electrons. The van der Waals surface area contributed by atoms with E-state index in [4.69, 9.17) is 5.73 Å². The van der Waals surface area contributed by atoms with E-state index in [9.17, 15) is 4.79 Å². The summed E-state index contributed by atoms with van der Waals surface area (Å²) in [5.41, 5.74) is 5.81. The van der Waals surface area contributed by atoms with Crippen LogP contribution in [0.2, 0.25) is 0 Å². The lowest BCUT2D eigenvalue weighted by atomic mass is 10.2. The Bertz CT molecular complexity index is 453. The molecule has 2 rings (SSSR count). The van der Waals surface area contributed by atoms with E-state index in [1.807, 2.05) is 17.5 Å². The van der Waals surface area contributed by atoms with Crippen molar-refractivity contribution in [3.8, 4) is 0 Å². The number of hydrogen-bond acceptors (Lipinski definition) is 5. The van der Waals surface area contributed by atoms with Gasteiger partial charge in [-0.05, 0) is 11.4 Å². The maximum absolute atomic E-state index is 11.7. The van der Waals surface area contributed by atoms with Gasteiger partial charge < -0.3 is 11.1 Å². The molecule has 0 fully saturated rings. The lowest BCUT2D eigenvalue weighted by Gasteiger charge is -2.09. The Morgan fingerprint density at radius 2 is 2.53 bits per heavy atom. The number of rotatable bonds is 5. The number of hydrogen-bond donors (Lipinski definition) is 3. The van der Waals surface area contributed by atoms with Gasteiger partial charge in [0.25, 0.3) is 0 Å². The highest BCUT2D eigenvalue weighted by Crippen LogP contribution is 2.16. The molecule has 0 spiro atoms. The van der Waals surface area contributed by atoms with Crippen LogP contribution in [0, 0.1) is 0 Å². The van der Waals surface area contributed by atoms with Crippen molar-refractivity contribution in [3.05, 3.63) is 34.5 Å². The van der Waals surface area contributed by atoms with Gasteiger partial charge >= 0.3 is 0 Å². The summed E-state index contributed by atoms with van der Waals surface area (Å²) in [4.78, 5) is 16.5. The minimum Gasteiger partial charge on any atom is -0.354 e. The molecule has 1 amide bonds. The molecule has 6 nitrogen and oxygen atoms in total. The molecule has 2 aromatic rings. The fourth-order valence-electron chi connectivity index (χ4n) is 1.36. The van der Waals surface area contributed by atoms with Crippen LogP contribution in [-0.4, -0.2) is 27.6 Å². The van der Waals surface area contributed by atoms with Crippen LogP contribution in [-0.2, 0) is 11.2 Å². The molecule has 0 aliphatic rings. The van der Waals surface area contributed by atoms with Gasteiger partial charge in [0.15, 0.2) is 0 Å². The molecule has 0 aliphatic carbocycles. The second-order valence-corrected chi connectivity index (χ2v) is 4.45. The number of aromatic nitrogens is 3. The number of aromatic amines is 1. The highest BCUT2D eigenvalue weighted by atomic mass is 32.1. The number of nitrogens with two attached hydrogens (primary N) is 1. The van der Waals surface area contributed by atoms with Gasteiger partial charge in [-0.25, -0.2) is 4.98 Å². The smallest absolute Gasteiger partial charge is 0.242 e. The van der Waals surface area contributed by atoms with Gasteiger partial charge in [-0.1, -0.05) is 6.07 Å². The predicted molar refractivity (Wildman–Crippen MR) is 64.3 cm³/mol. The molecule has 0 aliphatic heterocycles. The number of amides is 1. The van der Waals surface area contributed by atoms with Crippen molar-refractivity contribution in [2.24, 2.45) is 5.73 Å². The van der Waals surface area contributed by atoms with Crippen molar-refractivity contribution in [2.75, 3.05) is 6.54 Å². The largest absolute Gasteiger partial charge is 0.354 e. The summed E-state index contributed by atoms with van der Waals surface area (Å²) in [6.07, 6.45) is 2.05. The van der Waals surface area contributed by atoms with Crippen molar-refractivity contribution in [2.45, 2.75) is 12.5 Å². The zero-order valence-corrected chi connectivity index (χ0v) is 9.91. The highest BCUT2D eigenvalue weighted by molar-refractivity contribution is 7.10. The van der Waals surface area contributed by atoms with Crippen LogP contribution >= 0.6 is 11.3 Å². The first kappa shape index (κ1) is 11.7. The molecule has 2 aromatic heterocycles. The zero-order chi connectivity index (χ0) is 12.1. The number of nitrogens with one attached hydrogen (secondary N) is 2. The van der Waals surface area contributed by atoms with Crippen molar-refractivity contribution >= 4 is 17.2 Å². The summed E-state index contributed by atoms with van der Waals surface area (Å²) < 4.78 is 0. The van der Waals surface area contributed by atoms with E-state index in [1.54, 1.807) is 0 Å². The first-order chi connectivity index (χ1) is 8.27. The molecule has 1 unspecified atom stereocenters. The quantitative estimate of drug-likeness (QED) is 0.708. The summed E-state index contributed by atoms with van der Waals surface area (Å²) in [6.45, 7) is 0.493. The van der Waals surface area contributed by atoms with Crippen LogP contribution in [0.1, 0.15) is 16.7 Å². The lowest BCUT2D eigenvalue weighted by molar-refractivity contribution is -0.122. The van der Waals surface area contributed by atoms with Crippen LogP contribution in [0.3, 0.4) is 0 Å². The molecule has 1 atom stereocenters. The van der Waals surface area contributed by atoms with E-state index in [-0.39, 0.29) is 5.91 Å². The molecule has 17 heavy (non-hydrogen) atoms. The third-order valence-corrected chi connectivity index (χ3v) is 3.21. The van der Waals surface area contributed by atoms with Gasteiger partial charge in [0.2, 0.25) is 5.91 Å². The Morgan fingerprint density at radius 3 is 3.18 bits per heavy atom. The van der Waals surface area contributed by atoms with Crippen molar-refractivity contribution in [1.82, 2.24) is 20.5 Å². The summed E-state index contributed by atoms with van der Waals surface area (Å²) in [6, 6.07) is 3.14. The van der Waals surface area contributed by atoms with Crippen LogP contribution in [0.5, 0.6) is 0 Å². The molecule has 0 radical (unpaired) electrons. The highest BCUT2D eigenvalue weighted by Gasteiger charge is 2.15. The topological polar surface area (TPSA) is 96.7 Å². The molecule has 4 N–H and O–H groups in total. The second kappa shape index (κ2) is 5.55. The molecular weight excluding hydrogens is 238 g/mol. The maximum atomic E-state index is 11.7. The van der Waals surface area contributed by atoms with Crippen LogP contribution in [0.4, 0.5) is 0 Å². The van der Waals surface area contributed by atoms with Gasteiger partial charge in [-0.15, -0.1) is 11.3 Å². The Hall–Kier alpha value is -1.73. The van der Waals surface area contributed by atoms with E-state index in [2.05, 4.69) is 20.5 Å². The van der Waals surface area contributed by atoms with E-state index in [0.29, 0.717) is 13.0 Å². The first-order valence-electron chi connectivity index (χ1n) is 5.18. The molecule has 0 saturated heterocycles. The molecular formula is C10H13N5OS. The third kappa shape index (κ3) is 3.11. The summed E-state index contributed by atoms with van der Waals surface area (Å²) in [5, 5.41) is 11.1. The summed E-state index contributed by atoms with van der Waals surface area (Å²) >= 11 is 1.48. The van der Waals surface area contributed by atoms with Crippen LogP contribution < -0.4 is 11.1 Å². The normalized spacial score (nSPS) is 12.3. The molecule has 2 heterocycles. The average molecular weight is 251 g/mol. The van der Waals surface area contributed by atoms with Crippen LogP contribution in [0.25, 0.3) is 0 Å². The minimum atomic E-state index is -0.593. The third-order valence-electron chi connectivity index (χ3n) is 2.26. The average Bonchev–Trinajstić information content (AvgIpc) is 3.00. The Balaban J connectivity index is 1.77. The molecule has 0 aromatic carbocycles. The number of carbonyl (C=O) groups is 1. The minimum absolute atomic E-state index is 0.174. The number of nitrogens with zero attached hydrogens (tertiary/aromatic N) is 2. The Kier molecular flexibility index (Phi) is 3.84. The lowest BCUT2D eigenvalue weighted by Crippen LogP contribution is -2.34. The second-order valence-electron chi connectivity index (χ2n) is 3.47. The van der Waals surface area contributed by atoms with E-state index in [0.717, 1.165) is 10.7 Å². The predicted octanol–water partition coefficient (Wildman–Crippen LogP) is 0.225. The monoisotopic (exact) mass is 251 g/mol. The summed E-state index contributed by atoms with van der Waals surface area (Å²) in [5.74, 6) is 0.571. The van der Waals surface area contributed by atoms with Gasteiger partial charge in [0.1, 0.15) is 18.2 Å². The molecule has 7 heteroatoms. The molecule has 0 bridgehead atoms. The van der Waals surface area contributed by atoms with Gasteiger partial charge in [-0.2, -0.15) is 5.10 Å². The van der Waals surface area contributed by atoms with Gasteiger partial charge in [0, 0.05) is 17.8 Å². The van der Waals surface area contributed by atoms with Crippen LogP contribution in [0.15, 0.2) is 23.8 Å². The standard InChI is InChI=1S/C10H13N5OS/c11-9(7-2-1-5-17-7)10(16)12-4-3-8-13-6-14-15-8/h1-2,5-6,9H,3-4,11H2,(H,12,16)(H,13,14,15). The number of thiophene rings is 1. The SMILES string of the molecule is NC(C(=O)NCCc1ncn[nH]1)c1cccs1. The zero-order valence-electron chi connectivity index (χ0n) is 9.09. The maximum Gasteiger partial charge on any atom is 0.242 e. The molecule has 0 saturated carbocycles. The summed E-state index contributed by atoms with van der Waals surface area (Å²) in [7, 11) is 0. The van der Waals surface area contributed by atoms with Gasteiger partial charge in [0.05, 0.1) is 0 Å². The van der Waals surface area contributed by atoms with Crippen molar-refractivity contribution < 1.29 is 4.79 Å². The Labute approximate surface area is 102 Å². The fourth-order valence-corrected chi connectivity index (χ4v) is 2.09. The first-order valence-corrected chi connectivity index (χ1v) is 6.06. The van der Waals surface area contributed by atoms with E-state index >= 15 is 0 Å². The fraction of sp³-hybridized carbons (Fsp3) is 0.300. The van der Waals surface area contributed by atoms with Crippen molar-refractivity contribution in [1.29, 1.82) is 0 Å². The number of H-pyrrole nitrogens is 1. The van der Waals surface area contributed by atoms with E-state index < -0.39 is 6.04 Å². The number of carbonyl (C=O) groups excluding carboxylic acids is 1. The van der Waals surface area contributed by atoms with Crippen molar-refractivity contribution in [3.63, 3.8) is 0 Å². The van der Waals surface area contributed by atoms with E-state index in [1.165, 1.54) is 17.7 Å². The van der Waals surface area contributed by atoms with Gasteiger partial charge in [-0.3, -0.25) is 9.89 Å². The Morgan fingerprint density at radius 1 is 1.65 bits per heavy atom.